The van der Waals surface area contributed by atoms with Crippen molar-refractivity contribution in [2.75, 3.05) is 5.73 Å². The Morgan fingerprint density at radius 1 is 1.16 bits per heavy atom. The molecule has 0 aliphatic heterocycles. The number of rotatable bonds is 3. The molecule has 6 heteroatoms. The molecular weight excluding hydrogens is 308 g/mol. The zero-order valence-electron chi connectivity index (χ0n) is 9.70. The highest BCUT2D eigenvalue weighted by Crippen LogP contribution is 2.24. The maximum Gasteiger partial charge on any atom is 0.147 e. The first kappa shape index (κ1) is 14.3. The molecule has 0 bridgehead atoms. The number of nitrogens with two attached hydrogens (primary N) is 1. The summed E-state index contributed by atoms with van der Waals surface area (Å²) in [5.41, 5.74) is 6.10. The van der Waals surface area contributed by atoms with E-state index >= 15 is 0 Å². The lowest BCUT2D eigenvalue weighted by atomic mass is 10.2. The number of hydrogen-bond acceptors (Lipinski definition) is 2. The number of nitrogen functional groups attached to an aromatic ring is 1. The first-order valence-corrected chi connectivity index (χ1v) is 7.42. The Hall–Kier alpha value is -1.10. The fourth-order valence-corrected chi connectivity index (χ4v) is 3.22. The number of anilines is 1. The molecule has 0 amide bonds. The first-order chi connectivity index (χ1) is 8.97. The average molecular weight is 318 g/mol. The molecule has 1 unspecified atom stereocenters. The summed E-state index contributed by atoms with van der Waals surface area (Å²) in [6.45, 7) is 0. The summed E-state index contributed by atoms with van der Waals surface area (Å²) in [5, 5.41) is 0.954. The standard InChI is InChI=1S/C13H10Cl2FNOS/c14-9-2-1-8(11(15)5-9)7-19(18)10-3-4-13(17)12(16)6-10/h1-6H,7,17H2. The average Bonchev–Trinajstić information content (AvgIpc) is 2.36. The van der Waals surface area contributed by atoms with Gasteiger partial charge < -0.3 is 5.73 Å². The molecule has 0 saturated carbocycles. The van der Waals surface area contributed by atoms with Crippen LogP contribution in [0.5, 0.6) is 0 Å². The summed E-state index contributed by atoms with van der Waals surface area (Å²) >= 11 is 11.8. The number of halogens is 3. The number of benzene rings is 2. The maximum atomic E-state index is 13.3. The van der Waals surface area contributed by atoms with Crippen LogP contribution in [-0.4, -0.2) is 4.21 Å². The van der Waals surface area contributed by atoms with E-state index in [1.807, 2.05) is 0 Å². The van der Waals surface area contributed by atoms with Crippen LogP contribution in [0.2, 0.25) is 10.0 Å². The Morgan fingerprint density at radius 3 is 2.53 bits per heavy atom. The highest BCUT2D eigenvalue weighted by atomic mass is 35.5. The van der Waals surface area contributed by atoms with Crippen LogP contribution in [0.15, 0.2) is 41.3 Å². The van der Waals surface area contributed by atoms with Crippen molar-refractivity contribution < 1.29 is 8.60 Å². The third kappa shape index (κ3) is 3.47. The molecule has 0 aliphatic rings. The van der Waals surface area contributed by atoms with Crippen LogP contribution >= 0.6 is 23.2 Å². The second kappa shape index (κ2) is 5.90. The van der Waals surface area contributed by atoms with Crippen molar-refractivity contribution in [1.82, 2.24) is 0 Å². The van der Waals surface area contributed by atoms with Gasteiger partial charge in [0.2, 0.25) is 0 Å². The lowest BCUT2D eigenvalue weighted by Gasteiger charge is -2.06. The van der Waals surface area contributed by atoms with Crippen LogP contribution in [0.25, 0.3) is 0 Å². The lowest BCUT2D eigenvalue weighted by molar-refractivity contribution is 0.627. The van der Waals surface area contributed by atoms with Gasteiger partial charge in [-0.1, -0.05) is 29.3 Å². The zero-order valence-corrected chi connectivity index (χ0v) is 12.0. The van der Waals surface area contributed by atoms with Gasteiger partial charge >= 0.3 is 0 Å². The summed E-state index contributed by atoms with van der Waals surface area (Å²) in [4.78, 5) is 0.373. The molecule has 0 radical (unpaired) electrons. The molecule has 2 rings (SSSR count). The van der Waals surface area contributed by atoms with Crippen LogP contribution in [0.4, 0.5) is 10.1 Å². The van der Waals surface area contributed by atoms with Crippen molar-refractivity contribution in [1.29, 1.82) is 0 Å². The van der Waals surface area contributed by atoms with E-state index in [9.17, 15) is 8.60 Å². The molecule has 0 heterocycles. The predicted octanol–water partition coefficient (Wildman–Crippen LogP) is 4.02. The van der Waals surface area contributed by atoms with Crippen molar-refractivity contribution in [2.45, 2.75) is 10.6 Å². The lowest BCUT2D eigenvalue weighted by Crippen LogP contribution is -1.99. The minimum absolute atomic E-state index is 0.0327. The van der Waals surface area contributed by atoms with Gasteiger partial charge in [0, 0.05) is 14.9 Å². The molecular formula is C13H10Cl2FNOS. The molecule has 2 N–H and O–H groups in total. The SMILES string of the molecule is Nc1ccc(S(=O)Cc2ccc(Cl)cc2Cl)cc1F. The summed E-state index contributed by atoms with van der Waals surface area (Å²) < 4.78 is 25.4. The van der Waals surface area contributed by atoms with Crippen molar-refractivity contribution in [3.8, 4) is 0 Å². The Kier molecular flexibility index (Phi) is 4.45. The molecule has 0 fully saturated rings. The van der Waals surface area contributed by atoms with E-state index in [0.29, 0.717) is 20.5 Å². The molecule has 0 saturated heterocycles. The van der Waals surface area contributed by atoms with Crippen molar-refractivity contribution in [3.63, 3.8) is 0 Å². The Balaban J connectivity index is 2.23. The molecule has 0 aromatic heterocycles. The quantitative estimate of drug-likeness (QED) is 0.869. The van der Waals surface area contributed by atoms with Gasteiger partial charge in [0.05, 0.1) is 22.2 Å². The van der Waals surface area contributed by atoms with Gasteiger partial charge in [0.1, 0.15) is 5.82 Å². The van der Waals surface area contributed by atoms with Crippen LogP contribution in [0.1, 0.15) is 5.56 Å². The summed E-state index contributed by atoms with van der Waals surface area (Å²) in [7, 11) is -1.39. The van der Waals surface area contributed by atoms with E-state index in [1.54, 1.807) is 24.3 Å². The topological polar surface area (TPSA) is 43.1 Å². The van der Waals surface area contributed by atoms with Crippen LogP contribution in [0, 0.1) is 5.82 Å². The van der Waals surface area contributed by atoms with E-state index in [1.165, 1.54) is 12.1 Å². The smallest absolute Gasteiger partial charge is 0.147 e. The van der Waals surface area contributed by atoms with Gasteiger partial charge in [-0.2, -0.15) is 0 Å². The zero-order chi connectivity index (χ0) is 14.0. The van der Waals surface area contributed by atoms with Crippen molar-refractivity contribution in [2.24, 2.45) is 0 Å². The summed E-state index contributed by atoms with van der Waals surface area (Å²) in [6, 6.07) is 9.07. The molecule has 2 aromatic carbocycles. The fraction of sp³-hybridized carbons (Fsp3) is 0.0769. The third-order valence-electron chi connectivity index (χ3n) is 2.54. The predicted molar refractivity (Wildman–Crippen MR) is 77.4 cm³/mol. The van der Waals surface area contributed by atoms with E-state index < -0.39 is 16.6 Å². The van der Waals surface area contributed by atoms with Gasteiger partial charge in [-0.25, -0.2) is 4.39 Å². The molecule has 2 aromatic rings. The largest absolute Gasteiger partial charge is 0.396 e. The highest BCUT2D eigenvalue weighted by molar-refractivity contribution is 7.84. The van der Waals surface area contributed by atoms with E-state index in [-0.39, 0.29) is 11.4 Å². The monoisotopic (exact) mass is 317 g/mol. The highest BCUT2D eigenvalue weighted by Gasteiger charge is 2.10. The van der Waals surface area contributed by atoms with E-state index in [2.05, 4.69) is 0 Å². The molecule has 0 spiro atoms. The maximum absolute atomic E-state index is 13.3. The van der Waals surface area contributed by atoms with Gasteiger partial charge in [-0.15, -0.1) is 0 Å². The molecule has 100 valence electrons. The minimum Gasteiger partial charge on any atom is -0.396 e. The molecule has 19 heavy (non-hydrogen) atoms. The Bertz CT molecular complexity index is 649. The molecule has 0 aliphatic carbocycles. The van der Waals surface area contributed by atoms with Crippen molar-refractivity contribution in [3.05, 3.63) is 57.8 Å². The van der Waals surface area contributed by atoms with Gasteiger partial charge in [-0.3, -0.25) is 4.21 Å². The van der Waals surface area contributed by atoms with E-state index in [4.69, 9.17) is 28.9 Å². The Morgan fingerprint density at radius 2 is 1.89 bits per heavy atom. The van der Waals surface area contributed by atoms with Crippen molar-refractivity contribution >= 4 is 39.7 Å². The minimum atomic E-state index is -1.39. The summed E-state index contributed by atoms with van der Waals surface area (Å²) in [6.07, 6.45) is 0. The van der Waals surface area contributed by atoms with Gasteiger partial charge in [-0.05, 0) is 35.9 Å². The molecule has 1 atom stereocenters. The van der Waals surface area contributed by atoms with E-state index in [0.717, 1.165) is 0 Å². The van der Waals surface area contributed by atoms with Gasteiger partial charge in [0.15, 0.2) is 0 Å². The summed E-state index contributed by atoms with van der Waals surface area (Å²) in [5.74, 6) is -0.382. The third-order valence-corrected chi connectivity index (χ3v) is 4.48. The normalized spacial score (nSPS) is 12.4. The fourth-order valence-electron chi connectivity index (χ4n) is 1.51. The second-order valence-corrected chi connectivity index (χ2v) is 6.20. The first-order valence-electron chi connectivity index (χ1n) is 5.34. The van der Waals surface area contributed by atoms with Crippen LogP contribution in [0.3, 0.4) is 0 Å². The Labute approximate surface area is 122 Å². The number of hydrogen-bond donors (Lipinski definition) is 1. The van der Waals surface area contributed by atoms with Crippen LogP contribution in [-0.2, 0) is 16.6 Å². The van der Waals surface area contributed by atoms with Crippen LogP contribution < -0.4 is 5.73 Å². The van der Waals surface area contributed by atoms with Gasteiger partial charge in [0.25, 0.3) is 0 Å². The second-order valence-electron chi connectivity index (χ2n) is 3.91. The molecule has 2 nitrogen and oxygen atoms in total.